The zero-order chi connectivity index (χ0) is 15.9. The van der Waals surface area contributed by atoms with Crippen molar-refractivity contribution in [2.24, 2.45) is 0 Å². The minimum absolute atomic E-state index is 0.140. The molecule has 1 aromatic heterocycles. The molecule has 2 atom stereocenters. The zero-order valence-corrected chi connectivity index (χ0v) is 13.6. The fraction of sp³-hybridized carbons (Fsp3) is 0.375. The lowest BCUT2D eigenvalue weighted by atomic mass is 10.1. The summed E-state index contributed by atoms with van der Waals surface area (Å²) >= 11 is 1.60. The first kappa shape index (κ1) is 16.5. The Morgan fingerprint density at radius 1 is 1.36 bits per heavy atom. The van der Waals surface area contributed by atoms with Gasteiger partial charge in [-0.15, -0.1) is 11.3 Å². The van der Waals surface area contributed by atoms with Crippen LogP contribution < -0.4 is 10.6 Å². The summed E-state index contributed by atoms with van der Waals surface area (Å²) in [5, 5.41) is 18.1. The number of carbonyl (C=O) groups excluding carboxylic acids is 1. The number of aliphatic hydroxyl groups excluding tert-OH is 1. The predicted molar refractivity (Wildman–Crippen MR) is 88.1 cm³/mol. The molecule has 5 nitrogen and oxygen atoms in total. The molecular formula is C16H21N3O2S. The molecule has 118 valence electrons. The third-order valence-electron chi connectivity index (χ3n) is 3.32. The standard InChI is InChI=1S/C16H21N3O2S/c1-11(15-18-12(2)10-22-15)8-17-16(21)19-14(9-20)13-6-4-3-5-7-13/h3-7,10-11,14,20H,8-9H2,1-2H3,(H2,17,19,21)/t11-,14-/m1/s1. The van der Waals surface area contributed by atoms with Gasteiger partial charge in [-0.25, -0.2) is 9.78 Å². The molecule has 1 heterocycles. The van der Waals surface area contributed by atoms with E-state index in [1.807, 2.05) is 49.6 Å². The molecule has 0 aliphatic heterocycles. The van der Waals surface area contributed by atoms with Crippen molar-refractivity contribution in [3.05, 3.63) is 52.0 Å². The maximum atomic E-state index is 12.0. The summed E-state index contributed by atoms with van der Waals surface area (Å²) in [4.78, 5) is 16.4. The minimum Gasteiger partial charge on any atom is -0.394 e. The van der Waals surface area contributed by atoms with Gasteiger partial charge in [-0.3, -0.25) is 0 Å². The summed E-state index contributed by atoms with van der Waals surface area (Å²) in [6, 6.07) is 8.72. The summed E-state index contributed by atoms with van der Waals surface area (Å²) in [5.74, 6) is 0.161. The van der Waals surface area contributed by atoms with Gasteiger partial charge in [0.05, 0.1) is 17.7 Å². The van der Waals surface area contributed by atoms with E-state index in [9.17, 15) is 9.90 Å². The number of benzene rings is 1. The van der Waals surface area contributed by atoms with Crippen LogP contribution in [0.5, 0.6) is 0 Å². The molecule has 0 aliphatic carbocycles. The van der Waals surface area contributed by atoms with Gasteiger partial charge in [0.15, 0.2) is 0 Å². The Hall–Kier alpha value is -1.92. The lowest BCUT2D eigenvalue weighted by Gasteiger charge is -2.18. The average Bonchev–Trinajstić information content (AvgIpc) is 2.97. The number of aromatic nitrogens is 1. The number of amides is 2. The third-order valence-corrected chi connectivity index (χ3v) is 4.51. The number of nitrogens with one attached hydrogen (secondary N) is 2. The lowest BCUT2D eigenvalue weighted by molar-refractivity contribution is 0.216. The van der Waals surface area contributed by atoms with Crippen LogP contribution in [0.3, 0.4) is 0 Å². The Labute approximate surface area is 134 Å². The molecule has 6 heteroatoms. The summed E-state index contributed by atoms with van der Waals surface area (Å²) in [6.45, 7) is 4.35. The SMILES string of the molecule is Cc1csc([C@H](C)CNC(=O)N[C@H](CO)c2ccccc2)n1. The number of carbonyl (C=O) groups is 1. The molecule has 0 unspecified atom stereocenters. The number of urea groups is 1. The number of aryl methyl sites for hydroxylation is 1. The van der Waals surface area contributed by atoms with Crippen LogP contribution in [0, 0.1) is 6.92 Å². The van der Waals surface area contributed by atoms with Crippen molar-refractivity contribution in [3.8, 4) is 0 Å². The quantitative estimate of drug-likeness (QED) is 0.766. The van der Waals surface area contributed by atoms with Gasteiger partial charge in [-0.2, -0.15) is 0 Å². The summed E-state index contributed by atoms with van der Waals surface area (Å²) in [6.07, 6.45) is 0. The fourth-order valence-corrected chi connectivity index (χ4v) is 2.92. The molecule has 0 radical (unpaired) electrons. The molecule has 3 N–H and O–H groups in total. The predicted octanol–water partition coefficient (Wildman–Crippen LogP) is 2.59. The molecule has 22 heavy (non-hydrogen) atoms. The summed E-state index contributed by atoms with van der Waals surface area (Å²) in [7, 11) is 0. The van der Waals surface area contributed by atoms with Crippen molar-refractivity contribution in [2.45, 2.75) is 25.8 Å². The second-order valence-electron chi connectivity index (χ2n) is 5.23. The summed E-state index contributed by atoms with van der Waals surface area (Å²) < 4.78 is 0. The van der Waals surface area contributed by atoms with E-state index in [1.54, 1.807) is 11.3 Å². The van der Waals surface area contributed by atoms with Gasteiger partial charge in [0.25, 0.3) is 0 Å². The van der Waals surface area contributed by atoms with Crippen LogP contribution in [0.15, 0.2) is 35.7 Å². The number of aliphatic hydroxyl groups is 1. The van der Waals surface area contributed by atoms with Crippen molar-refractivity contribution >= 4 is 17.4 Å². The van der Waals surface area contributed by atoms with Gasteiger partial charge in [-0.1, -0.05) is 37.3 Å². The largest absolute Gasteiger partial charge is 0.394 e. The number of hydrogen-bond donors (Lipinski definition) is 3. The third kappa shape index (κ3) is 4.54. The Balaban J connectivity index is 1.84. The first-order valence-electron chi connectivity index (χ1n) is 7.22. The zero-order valence-electron chi connectivity index (χ0n) is 12.7. The van der Waals surface area contributed by atoms with E-state index >= 15 is 0 Å². The van der Waals surface area contributed by atoms with Crippen molar-refractivity contribution in [1.82, 2.24) is 15.6 Å². The topological polar surface area (TPSA) is 74.2 Å². The highest BCUT2D eigenvalue weighted by Crippen LogP contribution is 2.19. The normalized spacial score (nSPS) is 13.4. The van der Waals surface area contributed by atoms with Crippen LogP contribution in [0.2, 0.25) is 0 Å². The number of nitrogens with zero attached hydrogens (tertiary/aromatic N) is 1. The Kier molecular flexibility index (Phi) is 5.91. The lowest BCUT2D eigenvalue weighted by Crippen LogP contribution is -2.40. The van der Waals surface area contributed by atoms with E-state index in [2.05, 4.69) is 15.6 Å². The van der Waals surface area contributed by atoms with Crippen molar-refractivity contribution in [2.75, 3.05) is 13.2 Å². The molecule has 0 spiro atoms. The van der Waals surface area contributed by atoms with E-state index < -0.39 is 6.04 Å². The van der Waals surface area contributed by atoms with Crippen LogP contribution in [-0.2, 0) is 0 Å². The average molecular weight is 319 g/mol. The summed E-state index contributed by atoms with van der Waals surface area (Å²) in [5.41, 5.74) is 1.88. The Bertz CT molecular complexity index is 600. The molecule has 0 saturated heterocycles. The molecule has 2 aromatic rings. The monoisotopic (exact) mass is 319 g/mol. The van der Waals surface area contributed by atoms with Gasteiger partial charge < -0.3 is 15.7 Å². The first-order valence-corrected chi connectivity index (χ1v) is 8.10. The smallest absolute Gasteiger partial charge is 0.315 e. The second kappa shape index (κ2) is 7.91. The maximum Gasteiger partial charge on any atom is 0.315 e. The maximum absolute atomic E-state index is 12.0. The number of hydrogen-bond acceptors (Lipinski definition) is 4. The number of thiazole rings is 1. The highest BCUT2D eigenvalue weighted by atomic mass is 32.1. The highest BCUT2D eigenvalue weighted by molar-refractivity contribution is 7.09. The minimum atomic E-state index is -0.404. The molecule has 0 fully saturated rings. The Morgan fingerprint density at radius 3 is 2.68 bits per heavy atom. The van der Waals surface area contributed by atoms with E-state index in [0.717, 1.165) is 16.3 Å². The van der Waals surface area contributed by atoms with Gasteiger partial charge >= 0.3 is 6.03 Å². The molecule has 0 saturated carbocycles. The molecule has 2 amide bonds. The van der Waals surface area contributed by atoms with Gasteiger partial charge in [0, 0.05) is 23.5 Å². The van der Waals surface area contributed by atoms with Crippen LogP contribution in [0.1, 0.15) is 35.1 Å². The van der Waals surface area contributed by atoms with E-state index in [-0.39, 0.29) is 18.6 Å². The van der Waals surface area contributed by atoms with Crippen molar-refractivity contribution < 1.29 is 9.90 Å². The highest BCUT2D eigenvalue weighted by Gasteiger charge is 2.15. The van der Waals surface area contributed by atoms with Gasteiger partial charge in [0.2, 0.25) is 0 Å². The van der Waals surface area contributed by atoms with E-state index in [4.69, 9.17) is 0 Å². The van der Waals surface area contributed by atoms with Crippen LogP contribution >= 0.6 is 11.3 Å². The van der Waals surface area contributed by atoms with Crippen molar-refractivity contribution in [3.63, 3.8) is 0 Å². The van der Waals surface area contributed by atoms with Crippen LogP contribution in [0.4, 0.5) is 4.79 Å². The van der Waals surface area contributed by atoms with E-state index in [1.165, 1.54) is 0 Å². The molecule has 1 aromatic carbocycles. The van der Waals surface area contributed by atoms with Gasteiger partial charge in [0.1, 0.15) is 0 Å². The van der Waals surface area contributed by atoms with Crippen molar-refractivity contribution in [1.29, 1.82) is 0 Å². The molecule has 2 rings (SSSR count). The molecule has 0 aliphatic rings. The van der Waals surface area contributed by atoms with Crippen LogP contribution in [0.25, 0.3) is 0 Å². The fourth-order valence-electron chi connectivity index (χ4n) is 2.06. The first-order chi connectivity index (χ1) is 10.6. The number of rotatable bonds is 6. The van der Waals surface area contributed by atoms with Gasteiger partial charge in [-0.05, 0) is 12.5 Å². The molecular weight excluding hydrogens is 298 g/mol. The second-order valence-corrected chi connectivity index (χ2v) is 6.12. The van der Waals surface area contributed by atoms with Crippen LogP contribution in [-0.4, -0.2) is 29.3 Å². The molecule has 0 bridgehead atoms. The Morgan fingerprint density at radius 2 is 2.09 bits per heavy atom. The van der Waals surface area contributed by atoms with E-state index in [0.29, 0.717) is 6.54 Å².